The largest absolute Gasteiger partial charge is 2.00 e. The van der Waals surface area contributed by atoms with E-state index in [4.69, 9.17) is 15.0 Å². The van der Waals surface area contributed by atoms with Crippen molar-refractivity contribution in [3.63, 3.8) is 0 Å². The maximum Gasteiger partial charge on any atom is 2.00 e. The van der Waals surface area contributed by atoms with Crippen LogP contribution in [-0.4, -0.2) is 14.5 Å². The summed E-state index contributed by atoms with van der Waals surface area (Å²) in [5.74, 6) is 0.857. The third-order valence-electron chi connectivity index (χ3n) is 13.0. The van der Waals surface area contributed by atoms with Crippen LogP contribution in [0.2, 0.25) is 0 Å². The van der Waals surface area contributed by atoms with Gasteiger partial charge < -0.3 is 4.98 Å². The summed E-state index contributed by atoms with van der Waals surface area (Å²) in [6.07, 6.45) is 1.96. The number of fused-ring (bicyclic) bond motifs is 7. The molecule has 0 spiro atoms. The van der Waals surface area contributed by atoms with Crippen LogP contribution in [0.3, 0.4) is 0 Å². The smallest absolute Gasteiger partial charge is 0.656 e. The van der Waals surface area contributed by atoms with Crippen molar-refractivity contribution in [1.82, 2.24) is 19.5 Å². The Labute approximate surface area is 387 Å². The van der Waals surface area contributed by atoms with Gasteiger partial charge in [0, 0.05) is 11.8 Å². The molecule has 1 aliphatic carbocycles. The van der Waals surface area contributed by atoms with Crippen molar-refractivity contribution in [1.29, 1.82) is 0 Å². The summed E-state index contributed by atoms with van der Waals surface area (Å²) >= 11 is 0. The van der Waals surface area contributed by atoms with Gasteiger partial charge in [0.15, 0.2) is 0 Å². The van der Waals surface area contributed by atoms with Crippen LogP contribution in [0, 0.1) is 6.07 Å². The van der Waals surface area contributed by atoms with Crippen LogP contribution in [0.15, 0.2) is 200 Å². The third-order valence-corrected chi connectivity index (χ3v) is 13.0. The van der Waals surface area contributed by atoms with Gasteiger partial charge in [0.05, 0.1) is 27.8 Å². The molecule has 4 nitrogen and oxygen atoms in total. The molecule has 0 saturated heterocycles. The topological polar surface area (TPSA) is 44.8 Å². The van der Waals surface area contributed by atoms with E-state index >= 15 is 0 Å². The predicted molar refractivity (Wildman–Crippen MR) is 258 cm³/mol. The van der Waals surface area contributed by atoms with Crippen molar-refractivity contribution in [3.8, 4) is 50.5 Å². The molecule has 64 heavy (non-hydrogen) atoms. The van der Waals surface area contributed by atoms with Crippen molar-refractivity contribution < 1.29 is 21.1 Å². The van der Waals surface area contributed by atoms with Crippen molar-refractivity contribution in [2.75, 3.05) is 0 Å². The fourth-order valence-electron chi connectivity index (χ4n) is 10.3. The first-order valence-corrected chi connectivity index (χ1v) is 21.7. The Morgan fingerprint density at radius 3 is 2.00 bits per heavy atom. The molecule has 0 radical (unpaired) electrons. The van der Waals surface area contributed by atoms with Gasteiger partial charge in [-0.3, -0.25) is 9.55 Å². The van der Waals surface area contributed by atoms with Crippen molar-refractivity contribution in [3.05, 3.63) is 234 Å². The standard InChI is InChI=1S/C59H42N4.Pt/c1-58(2,3)50-30-12-14-32-52(50)63-53-33-17-25-42(56(53)62-57(63)47-27-16-26-46-45-24-9-13-31-51(45)61-55(46)47)40-20-15-21-41(36-40)59(54-37-39(34-35-60-54)38-18-5-4-6-19-38)48-28-10-7-22-43(48)44-23-8-11-29-49(44)59;/h4-35,37H,1-3H3;/q-2;+2. The number of rotatable bonds is 6. The summed E-state index contributed by atoms with van der Waals surface area (Å²) in [6.45, 7) is 6.84. The van der Waals surface area contributed by atoms with Crippen LogP contribution in [0.4, 0.5) is 0 Å². The Bertz CT molecular complexity index is 3530. The fourth-order valence-corrected chi connectivity index (χ4v) is 10.3. The van der Waals surface area contributed by atoms with E-state index in [0.717, 1.165) is 83.4 Å². The molecule has 1 aliphatic rings. The zero-order valence-corrected chi connectivity index (χ0v) is 37.9. The van der Waals surface area contributed by atoms with Crippen LogP contribution in [0.25, 0.3) is 83.3 Å². The SMILES string of the molecule is CC(C)(C)c1ccccc1-n1c(-c2cccc3c2[n-]c2ccccc23)nc2c(-c3[c-]c(C4(c5cc(-c6ccccc6)ccn5)c5ccccc5-c5ccccc54)ccc3)cccc21.[Pt+2]. The Balaban J connectivity index is 0.00000456. The van der Waals surface area contributed by atoms with Gasteiger partial charge in [0.2, 0.25) is 0 Å². The van der Waals surface area contributed by atoms with Crippen LogP contribution in [0.1, 0.15) is 48.7 Å². The first-order valence-electron chi connectivity index (χ1n) is 21.7. The molecule has 0 saturated carbocycles. The monoisotopic (exact) mass is 1000 g/mol. The van der Waals surface area contributed by atoms with E-state index in [-0.39, 0.29) is 26.5 Å². The molecule has 0 unspecified atom stereocenters. The van der Waals surface area contributed by atoms with E-state index in [2.05, 4.69) is 226 Å². The maximum atomic E-state index is 5.69. The number of nitrogens with zero attached hydrogens (tertiary/aromatic N) is 4. The molecule has 3 aromatic heterocycles. The Kier molecular flexibility index (Phi) is 9.49. The molecular formula is C59H42N4Pt. The number of aromatic nitrogens is 4. The second-order valence-electron chi connectivity index (χ2n) is 17.7. The molecule has 0 N–H and O–H groups in total. The zero-order valence-electron chi connectivity index (χ0n) is 35.7. The second-order valence-corrected chi connectivity index (χ2v) is 17.7. The number of pyridine rings is 1. The van der Waals surface area contributed by atoms with Gasteiger partial charge in [-0.25, -0.2) is 4.98 Å². The average Bonchev–Trinajstić information content (AvgIpc) is 4.01. The van der Waals surface area contributed by atoms with Gasteiger partial charge in [-0.1, -0.05) is 178 Å². The van der Waals surface area contributed by atoms with Gasteiger partial charge in [-0.2, -0.15) is 0 Å². The second kappa shape index (κ2) is 15.3. The number of hydrogen-bond donors (Lipinski definition) is 0. The molecule has 0 fully saturated rings. The van der Waals surface area contributed by atoms with Crippen molar-refractivity contribution in [2.24, 2.45) is 0 Å². The molecule has 12 rings (SSSR count). The third kappa shape index (κ3) is 6.00. The number of imidazole rings is 1. The summed E-state index contributed by atoms with van der Waals surface area (Å²) in [5, 5.41) is 2.27. The van der Waals surface area contributed by atoms with Crippen LogP contribution >= 0.6 is 0 Å². The molecule has 0 bridgehead atoms. The maximum absolute atomic E-state index is 5.69. The Morgan fingerprint density at radius 2 is 1.20 bits per heavy atom. The quantitative estimate of drug-likeness (QED) is 0.156. The van der Waals surface area contributed by atoms with Crippen molar-refractivity contribution in [2.45, 2.75) is 31.6 Å². The summed E-state index contributed by atoms with van der Waals surface area (Å²) in [5.41, 5.74) is 17.4. The van der Waals surface area contributed by atoms with E-state index in [1.807, 2.05) is 6.20 Å². The van der Waals surface area contributed by atoms with Gasteiger partial charge in [0.25, 0.3) is 0 Å². The number of para-hydroxylation sites is 4. The van der Waals surface area contributed by atoms with E-state index in [9.17, 15) is 0 Å². The number of hydrogen-bond acceptors (Lipinski definition) is 2. The first kappa shape index (κ1) is 39.7. The molecule has 308 valence electrons. The molecule has 0 atom stereocenters. The minimum Gasteiger partial charge on any atom is -0.656 e. The van der Waals surface area contributed by atoms with E-state index in [0.29, 0.717) is 0 Å². The fraction of sp³-hybridized carbons (Fsp3) is 0.0847. The molecule has 0 amide bonds. The molecule has 3 heterocycles. The van der Waals surface area contributed by atoms with Gasteiger partial charge >= 0.3 is 21.1 Å². The van der Waals surface area contributed by atoms with E-state index in [1.165, 1.54) is 27.8 Å². The molecule has 5 heteroatoms. The van der Waals surface area contributed by atoms with E-state index in [1.54, 1.807) is 0 Å². The normalized spacial score (nSPS) is 12.9. The minimum atomic E-state index is -0.737. The van der Waals surface area contributed by atoms with Gasteiger partial charge in [0.1, 0.15) is 5.82 Å². The zero-order chi connectivity index (χ0) is 42.3. The Morgan fingerprint density at radius 1 is 0.562 bits per heavy atom. The van der Waals surface area contributed by atoms with Crippen LogP contribution in [-0.2, 0) is 31.9 Å². The average molecular weight is 1000 g/mol. The summed E-state index contributed by atoms with van der Waals surface area (Å²) in [4.78, 5) is 16.2. The molecule has 11 aromatic rings. The first-order chi connectivity index (χ1) is 30.9. The minimum absolute atomic E-state index is 0. The molecular weight excluding hydrogens is 960 g/mol. The summed E-state index contributed by atoms with van der Waals surface area (Å²) < 4.78 is 2.36. The van der Waals surface area contributed by atoms with Crippen LogP contribution < -0.4 is 4.98 Å². The Hall–Kier alpha value is -7.13. The van der Waals surface area contributed by atoms with Gasteiger partial charge in [-0.05, 0) is 79.4 Å². The predicted octanol–water partition coefficient (Wildman–Crippen LogP) is 14.1. The van der Waals surface area contributed by atoms with Gasteiger partial charge in [-0.15, -0.1) is 46.4 Å². The van der Waals surface area contributed by atoms with Crippen molar-refractivity contribution >= 4 is 32.8 Å². The molecule has 8 aromatic carbocycles. The summed E-state index contributed by atoms with van der Waals surface area (Å²) in [6, 6.07) is 73.5. The van der Waals surface area contributed by atoms with Crippen LogP contribution in [0.5, 0.6) is 0 Å². The summed E-state index contributed by atoms with van der Waals surface area (Å²) in [7, 11) is 0. The number of benzene rings is 8. The molecule has 0 aliphatic heterocycles. The van der Waals surface area contributed by atoms with E-state index < -0.39 is 5.41 Å².